The number of carbonyl (C=O) groups is 1. The summed E-state index contributed by atoms with van der Waals surface area (Å²) in [5.74, 6) is -0.296. The molecule has 4 nitrogen and oxygen atoms in total. The molecule has 0 fully saturated rings. The van der Waals surface area contributed by atoms with Crippen molar-refractivity contribution >= 4 is 17.6 Å². The van der Waals surface area contributed by atoms with Gasteiger partial charge in [0, 0.05) is 6.42 Å². The standard InChI is InChI=1S/C12H16ClNO3/c1-17-11-3-2-8(5-10(11)13)4-9(7-14)6-12(15)16/h2-3,5,9H,4,6-7,14H2,1H3,(H,15,16). The normalized spacial score (nSPS) is 12.2. The minimum absolute atomic E-state index is 0.0696. The lowest BCUT2D eigenvalue weighted by Gasteiger charge is -2.13. The van der Waals surface area contributed by atoms with Gasteiger partial charge in [0.1, 0.15) is 5.75 Å². The molecule has 0 aliphatic rings. The molecule has 0 aliphatic heterocycles. The van der Waals surface area contributed by atoms with E-state index in [1.165, 1.54) is 0 Å². The average Bonchev–Trinajstić information content (AvgIpc) is 2.27. The van der Waals surface area contributed by atoms with Crippen molar-refractivity contribution in [3.63, 3.8) is 0 Å². The maximum absolute atomic E-state index is 10.6. The first kappa shape index (κ1) is 13.8. The summed E-state index contributed by atoms with van der Waals surface area (Å²) in [7, 11) is 1.55. The van der Waals surface area contributed by atoms with E-state index in [9.17, 15) is 4.79 Å². The lowest BCUT2D eigenvalue weighted by atomic mass is 9.96. The van der Waals surface area contributed by atoms with Gasteiger partial charge in [-0.1, -0.05) is 17.7 Å². The summed E-state index contributed by atoms with van der Waals surface area (Å²) in [4.78, 5) is 10.6. The largest absolute Gasteiger partial charge is 0.495 e. The Morgan fingerprint density at radius 1 is 1.59 bits per heavy atom. The van der Waals surface area contributed by atoms with E-state index in [1.54, 1.807) is 19.2 Å². The number of hydrogen-bond donors (Lipinski definition) is 2. The van der Waals surface area contributed by atoms with Gasteiger partial charge in [0.05, 0.1) is 12.1 Å². The van der Waals surface area contributed by atoms with Crippen molar-refractivity contribution in [3.05, 3.63) is 28.8 Å². The van der Waals surface area contributed by atoms with E-state index in [1.807, 2.05) is 6.07 Å². The Morgan fingerprint density at radius 3 is 2.76 bits per heavy atom. The first-order chi connectivity index (χ1) is 8.06. The highest BCUT2D eigenvalue weighted by atomic mass is 35.5. The number of benzene rings is 1. The van der Waals surface area contributed by atoms with Gasteiger partial charge in [-0.25, -0.2) is 0 Å². The van der Waals surface area contributed by atoms with Crippen LogP contribution in [0.4, 0.5) is 0 Å². The molecule has 94 valence electrons. The molecule has 0 amide bonds. The first-order valence-electron chi connectivity index (χ1n) is 5.31. The van der Waals surface area contributed by atoms with E-state index in [2.05, 4.69) is 0 Å². The predicted octanol–water partition coefficient (Wildman–Crippen LogP) is 1.94. The molecule has 5 heteroatoms. The lowest BCUT2D eigenvalue weighted by Crippen LogP contribution is -2.20. The van der Waals surface area contributed by atoms with E-state index in [0.717, 1.165) is 5.56 Å². The number of nitrogens with two attached hydrogens (primary N) is 1. The zero-order valence-corrected chi connectivity index (χ0v) is 10.4. The minimum Gasteiger partial charge on any atom is -0.495 e. The molecule has 1 atom stereocenters. The summed E-state index contributed by atoms with van der Waals surface area (Å²) in [6.07, 6.45) is 0.673. The fourth-order valence-corrected chi connectivity index (χ4v) is 1.94. The van der Waals surface area contributed by atoms with Gasteiger partial charge in [-0.2, -0.15) is 0 Å². The van der Waals surface area contributed by atoms with Gasteiger partial charge in [-0.3, -0.25) is 4.79 Å². The molecule has 0 aliphatic carbocycles. The fourth-order valence-electron chi connectivity index (χ4n) is 1.66. The second kappa shape index (κ2) is 6.47. The van der Waals surface area contributed by atoms with Crippen LogP contribution >= 0.6 is 11.6 Å². The third-order valence-electron chi connectivity index (χ3n) is 2.54. The lowest BCUT2D eigenvalue weighted by molar-refractivity contribution is -0.138. The molecule has 0 saturated carbocycles. The van der Waals surface area contributed by atoms with Crippen LogP contribution in [0.2, 0.25) is 5.02 Å². The maximum atomic E-state index is 10.6. The molecule has 0 bridgehead atoms. The van der Waals surface area contributed by atoms with Crippen LogP contribution in [-0.4, -0.2) is 24.7 Å². The Hall–Kier alpha value is -1.26. The van der Waals surface area contributed by atoms with E-state index in [4.69, 9.17) is 27.2 Å². The molecule has 1 rings (SSSR count). The van der Waals surface area contributed by atoms with E-state index in [0.29, 0.717) is 23.7 Å². The summed E-state index contributed by atoms with van der Waals surface area (Å²) in [6.45, 7) is 0.343. The van der Waals surface area contributed by atoms with Crippen LogP contribution in [0.5, 0.6) is 5.75 Å². The number of rotatable bonds is 6. The molecule has 1 aromatic rings. The second-order valence-corrected chi connectivity index (χ2v) is 4.28. The number of ether oxygens (including phenoxy) is 1. The van der Waals surface area contributed by atoms with E-state index < -0.39 is 5.97 Å². The monoisotopic (exact) mass is 257 g/mol. The second-order valence-electron chi connectivity index (χ2n) is 3.87. The molecule has 3 N–H and O–H groups in total. The van der Waals surface area contributed by atoms with Crippen molar-refractivity contribution in [1.29, 1.82) is 0 Å². The van der Waals surface area contributed by atoms with Crippen LogP contribution in [0.3, 0.4) is 0 Å². The number of aliphatic carboxylic acids is 1. The van der Waals surface area contributed by atoms with E-state index in [-0.39, 0.29) is 12.3 Å². The van der Waals surface area contributed by atoms with Gasteiger partial charge < -0.3 is 15.6 Å². The van der Waals surface area contributed by atoms with Gasteiger partial charge >= 0.3 is 5.97 Å². The highest BCUT2D eigenvalue weighted by molar-refractivity contribution is 6.32. The quantitative estimate of drug-likeness (QED) is 0.817. The van der Waals surface area contributed by atoms with Crippen LogP contribution in [0.1, 0.15) is 12.0 Å². The highest BCUT2D eigenvalue weighted by Gasteiger charge is 2.13. The molecule has 0 radical (unpaired) electrons. The molecular weight excluding hydrogens is 242 g/mol. The van der Waals surface area contributed by atoms with Crippen molar-refractivity contribution in [2.45, 2.75) is 12.8 Å². The van der Waals surface area contributed by atoms with Gasteiger partial charge in [-0.15, -0.1) is 0 Å². The summed E-state index contributed by atoms with van der Waals surface area (Å²) in [5, 5.41) is 9.25. The third-order valence-corrected chi connectivity index (χ3v) is 2.83. The molecule has 0 saturated heterocycles. The van der Waals surface area contributed by atoms with Crippen molar-refractivity contribution in [1.82, 2.24) is 0 Å². The SMILES string of the molecule is COc1ccc(CC(CN)CC(=O)O)cc1Cl. The Kier molecular flexibility index (Phi) is 5.25. The van der Waals surface area contributed by atoms with Crippen LogP contribution in [0.25, 0.3) is 0 Å². The number of hydrogen-bond acceptors (Lipinski definition) is 3. The van der Waals surface area contributed by atoms with Crippen LogP contribution in [-0.2, 0) is 11.2 Å². The maximum Gasteiger partial charge on any atom is 0.303 e. The smallest absolute Gasteiger partial charge is 0.303 e. The molecule has 0 aromatic heterocycles. The van der Waals surface area contributed by atoms with Crippen LogP contribution in [0.15, 0.2) is 18.2 Å². The predicted molar refractivity (Wildman–Crippen MR) is 66.5 cm³/mol. The van der Waals surface area contributed by atoms with Crippen molar-refractivity contribution in [2.24, 2.45) is 11.7 Å². The Labute approximate surface area is 105 Å². The number of halogens is 1. The van der Waals surface area contributed by atoms with Gasteiger partial charge in [0.15, 0.2) is 0 Å². The van der Waals surface area contributed by atoms with Gasteiger partial charge in [0.25, 0.3) is 0 Å². The fraction of sp³-hybridized carbons (Fsp3) is 0.417. The molecule has 0 heterocycles. The molecule has 1 unspecified atom stereocenters. The van der Waals surface area contributed by atoms with Crippen molar-refractivity contribution in [3.8, 4) is 5.75 Å². The Balaban J connectivity index is 2.73. The Bertz CT molecular complexity index is 395. The van der Waals surface area contributed by atoms with Crippen LogP contribution < -0.4 is 10.5 Å². The summed E-state index contributed by atoms with van der Waals surface area (Å²) >= 11 is 5.99. The van der Waals surface area contributed by atoms with Gasteiger partial charge in [-0.05, 0) is 36.6 Å². The van der Waals surface area contributed by atoms with Crippen LogP contribution in [0, 0.1) is 5.92 Å². The van der Waals surface area contributed by atoms with E-state index >= 15 is 0 Å². The zero-order chi connectivity index (χ0) is 12.8. The van der Waals surface area contributed by atoms with Gasteiger partial charge in [0.2, 0.25) is 0 Å². The Morgan fingerprint density at radius 2 is 2.29 bits per heavy atom. The summed E-state index contributed by atoms with van der Waals surface area (Å²) in [5.41, 5.74) is 6.51. The molecule has 1 aromatic carbocycles. The molecular formula is C12H16ClNO3. The summed E-state index contributed by atoms with van der Waals surface area (Å²) < 4.78 is 5.05. The number of carboxylic acids is 1. The van der Waals surface area contributed by atoms with Crippen molar-refractivity contribution in [2.75, 3.05) is 13.7 Å². The zero-order valence-electron chi connectivity index (χ0n) is 9.65. The third kappa shape index (κ3) is 4.24. The molecule has 0 spiro atoms. The topological polar surface area (TPSA) is 72.5 Å². The van der Waals surface area contributed by atoms with Crippen molar-refractivity contribution < 1.29 is 14.6 Å². The first-order valence-corrected chi connectivity index (χ1v) is 5.69. The number of carboxylic acid groups (broad SMARTS) is 1. The average molecular weight is 258 g/mol. The number of methoxy groups -OCH3 is 1. The summed E-state index contributed by atoms with van der Waals surface area (Å²) in [6, 6.07) is 5.42. The minimum atomic E-state index is -0.833. The highest BCUT2D eigenvalue weighted by Crippen LogP contribution is 2.26. The molecule has 17 heavy (non-hydrogen) atoms.